The summed E-state index contributed by atoms with van der Waals surface area (Å²) in [6.45, 7) is 0. The Morgan fingerprint density at radius 3 is 2.73 bits per heavy atom. The summed E-state index contributed by atoms with van der Waals surface area (Å²) in [6.07, 6.45) is -3.48. The first-order chi connectivity index (χ1) is 6.96. The fourth-order valence-electron chi connectivity index (χ4n) is 1.52. The van der Waals surface area contributed by atoms with Crippen LogP contribution in [0.2, 0.25) is 0 Å². The molecule has 15 heavy (non-hydrogen) atoms. The van der Waals surface area contributed by atoms with E-state index in [1.807, 2.05) is 0 Å². The van der Waals surface area contributed by atoms with Crippen LogP contribution in [0.25, 0.3) is 11.0 Å². The molecule has 0 aliphatic rings. The predicted molar refractivity (Wildman–Crippen MR) is 50.5 cm³/mol. The molecule has 2 rings (SSSR count). The molecule has 1 aromatic carbocycles. The highest BCUT2D eigenvalue weighted by molar-refractivity contribution is 5.75. The largest absolute Gasteiger partial charge is 0.393 e. The Balaban J connectivity index is 2.39. The van der Waals surface area contributed by atoms with Crippen molar-refractivity contribution in [2.75, 3.05) is 0 Å². The quantitative estimate of drug-likeness (QED) is 0.713. The van der Waals surface area contributed by atoms with Gasteiger partial charge in [0.15, 0.2) is 0 Å². The minimum atomic E-state index is -4.16. The molecule has 2 aromatic rings. The number of hydrogen-bond acceptors (Lipinski definition) is 1. The summed E-state index contributed by atoms with van der Waals surface area (Å²) >= 11 is 0. The van der Waals surface area contributed by atoms with Gasteiger partial charge in [0.25, 0.3) is 0 Å². The molecule has 0 bridgehead atoms. The minimum absolute atomic E-state index is 0.244. The van der Waals surface area contributed by atoms with Crippen LogP contribution >= 0.6 is 0 Å². The molecule has 1 heterocycles. The third kappa shape index (κ3) is 2.11. The Hall–Kier alpha value is -1.52. The normalized spacial score (nSPS) is 12.3. The zero-order valence-corrected chi connectivity index (χ0v) is 8.04. The van der Waals surface area contributed by atoms with Crippen molar-refractivity contribution in [1.82, 2.24) is 9.55 Å². The lowest BCUT2D eigenvalue weighted by molar-refractivity contribution is -0.127. The molecule has 0 unspecified atom stereocenters. The number of aromatic nitrogens is 2. The molecule has 0 spiro atoms. The molecule has 80 valence electrons. The van der Waals surface area contributed by atoms with Crippen molar-refractivity contribution in [3.63, 3.8) is 0 Å². The van der Waals surface area contributed by atoms with Crippen LogP contribution in [0.15, 0.2) is 24.5 Å². The maximum absolute atomic E-state index is 12.1. The highest BCUT2D eigenvalue weighted by Gasteiger charge is 2.27. The Morgan fingerprint density at radius 1 is 1.33 bits per heavy atom. The average Bonchev–Trinajstić information content (AvgIpc) is 2.45. The molecule has 0 amide bonds. The molecule has 1 aromatic heterocycles. The second-order valence-electron chi connectivity index (χ2n) is 3.47. The number of rotatable bonds is 1. The third-order valence-electron chi connectivity index (χ3n) is 2.19. The van der Waals surface area contributed by atoms with Gasteiger partial charge >= 0.3 is 6.18 Å². The van der Waals surface area contributed by atoms with Gasteiger partial charge in [0.05, 0.1) is 23.8 Å². The van der Waals surface area contributed by atoms with Crippen LogP contribution in [-0.2, 0) is 13.5 Å². The molecule has 0 saturated carbocycles. The summed E-state index contributed by atoms with van der Waals surface area (Å²) in [5.41, 5.74) is 1.67. The van der Waals surface area contributed by atoms with Crippen molar-refractivity contribution in [3.8, 4) is 0 Å². The van der Waals surface area contributed by atoms with Crippen molar-refractivity contribution in [2.24, 2.45) is 7.05 Å². The van der Waals surface area contributed by atoms with E-state index in [0.29, 0.717) is 5.52 Å². The van der Waals surface area contributed by atoms with Crippen LogP contribution in [0, 0.1) is 0 Å². The van der Waals surface area contributed by atoms with E-state index < -0.39 is 12.6 Å². The number of nitrogens with zero attached hydrogens (tertiary/aromatic N) is 2. The first-order valence-corrected chi connectivity index (χ1v) is 4.42. The molecule has 0 atom stereocenters. The van der Waals surface area contributed by atoms with Crippen LogP contribution in [0.4, 0.5) is 13.2 Å². The van der Waals surface area contributed by atoms with Crippen molar-refractivity contribution in [3.05, 3.63) is 30.1 Å². The smallest absolute Gasteiger partial charge is 0.334 e. The molecular weight excluding hydrogens is 205 g/mol. The standard InChI is InChI=1S/C10H9F3N2/c1-15-6-14-8-4-7(2-3-9(8)15)5-10(11,12)13/h2-4,6H,5H2,1H3. The van der Waals surface area contributed by atoms with Crippen LogP contribution in [0.3, 0.4) is 0 Å². The third-order valence-corrected chi connectivity index (χ3v) is 2.19. The van der Waals surface area contributed by atoms with Crippen LogP contribution in [0.1, 0.15) is 5.56 Å². The number of alkyl halides is 3. The minimum Gasteiger partial charge on any atom is -0.334 e. The Labute approximate surface area is 84.3 Å². The number of imidazole rings is 1. The van der Waals surface area contributed by atoms with Gasteiger partial charge in [-0.05, 0) is 17.7 Å². The Bertz CT molecular complexity index is 485. The maximum atomic E-state index is 12.1. The second-order valence-corrected chi connectivity index (χ2v) is 3.47. The number of aryl methyl sites for hydroxylation is 1. The molecule has 5 heteroatoms. The molecule has 0 aliphatic heterocycles. The van der Waals surface area contributed by atoms with Crippen LogP contribution in [-0.4, -0.2) is 15.7 Å². The fraction of sp³-hybridized carbons (Fsp3) is 0.300. The van der Waals surface area contributed by atoms with Gasteiger partial charge in [-0.15, -0.1) is 0 Å². The zero-order chi connectivity index (χ0) is 11.1. The Morgan fingerprint density at radius 2 is 2.07 bits per heavy atom. The van der Waals surface area contributed by atoms with Gasteiger partial charge in [0, 0.05) is 7.05 Å². The predicted octanol–water partition coefficient (Wildman–Crippen LogP) is 2.68. The van der Waals surface area contributed by atoms with E-state index in [1.54, 1.807) is 24.0 Å². The van der Waals surface area contributed by atoms with Crippen molar-refractivity contribution < 1.29 is 13.2 Å². The lowest BCUT2D eigenvalue weighted by Gasteiger charge is -2.05. The van der Waals surface area contributed by atoms with E-state index >= 15 is 0 Å². The van der Waals surface area contributed by atoms with Gasteiger partial charge in [-0.1, -0.05) is 6.07 Å². The summed E-state index contributed by atoms with van der Waals surface area (Å²) in [6, 6.07) is 4.61. The molecule has 0 N–H and O–H groups in total. The molecular formula is C10H9F3N2. The molecule has 0 aliphatic carbocycles. The highest BCUT2D eigenvalue weighted by Crippen LogP contribution is 2.23. The van der Waals surface area contributed by atoms with E-state index in [0.717, 1.165) is 5.52 Å². The summed E-state index contributed by atoms with van der Waals surface area (Å²) in [7, 11) is 1.80. The van der Waals surface area contributed by atoms with Gasteiger partial charge in [-0.3, -0.25) is 0 Å². The first kappa shape index (κ1) is 10.0. The zero-order valence-electron chi connectivity index (χ0n) is 8.04. The van der Waals surface area contributed by atoms with Crippen molar-refractivity contribution >= 4 is 11.0 Å². The number of halogens is 3. The SMILES string of the molecule is Cn1cnc2cc(CC(F)(F)F)ccc21. The lowest BCUT2D eigenvalue weighted by atomic mass is 10.1. The van der Waals surface area contributed by atoms with E-state index in [1.165, 1.54) is 12.1 Å². The first-order valence-electron chi connectivity index (χ1n) is 4.42. The van der Waals surface area contributed by atoms with Crippen molar-refractivity contribution in [2.45, 2.75) is 12.6 Å². The summed E-state index contributed by atoms with van der Waals surface area (Å²) in [5, 5.41) is 0. The van der Waals surface area contributed by atoms with Crippen LogP contribution in [0.5, 0.6) is 0 Å². The van der Waals surface area contributed by atoms with Gasteiger partial charge < -0.3 is 4.57 Å². The Kier molecular flexibility index (Phi) is 2.17. The molecule has 2 nitrogen and oxygen atoms in total. The molecule has 0 fully saturated rings. The maximum Gasteiger partial charge on any atom is 0.393 e. The van der Waals surface area contributed by atoms with E-state index in [4.69, 9.17) is 0 Å². The monoisotopic (exact) mass is 214 g/mol. The number of hydrogen-bond donors (Lipinski definition) is 0. The highest BCUT2D eigenvalue weighted by atomic mass is 19.4. The van der Waals surface area contributed by atoms with Gasteiger partial charge in [-0.2, -0.15) is 13.2 Å². The van der Waals surface area contributed by atoms with Crippen molar-refractivity contribution in [1.29, 1.82) is 0 Å². The summed E-state index contributed by atoms with van der Waals surface area (Å²) < 4.78 is 38.1. The summed E-state index contributed by atoms with van der Waals surface area (Å²) in [5.74, 6) is 0. The lowest BCUT2D eigenvalue weighted by Crippen LogP contribution is -2.11. The fourth-order valence-corrected chi connectivity index (χ4v) is 1.52. The van der Waals surface area contributed by atoms with E-state index in [-0.39, 0.29) is 5.56 Å². The average molecular weight is 214 g/mol. The van der Waals surface area contributed by atoms with Gasteiger partial charge in [0.2, 0.25) is 0 Å². The van der Waals surface area contributed by atoms with Gasteiger partial charge in [0.1, 0.15) is 0 Å². The topological polar surface area (TPSA) is 17.8 Å². The van der Waals surface area contributed by atoms with Gasteiger partial charge in [-0.25, -0.2) is 4.98 Å². The second kappa shape index (κ2) is 3.25. The number of benzene rings is 1. The molecule has 0 radical (unpaired) electrons. The summed E-state index contributed by atoms with van der Waals surface area (Å²) in [4.78, 5) is 4.00. The number of fused-ring (bicyclic) bond motifs is 1. The van der Waals surface area contributed by atoms with E-state index in [2.05, 4.69) is 4.98 Å². The molecule has 0 saturated heterocycles. The van der Waals surface area contributed by atoms with E-state index in [9.17, 15) is 13.2 Å². The van der Waals surface area contributed by atoms with Crippen LogP contribution < -0.4 is 0 Å².